The average Bonchev–Trinajstić information content (AvgIpc) is 2.73. The number of hydrogen-bond donors (Lipinski definition) is 3. The smallest absolute Gasteiger partial charge is 0.315 e. The highest BCUT2D eigenvalue weighted by atomic mass is 16.6. The van der Waals surface area contributed by atoms with Crippen LogP contribution >= 0.6 is 0 Å². The number of aliphatic hydroxyl groups is 1. The first-order valence-corrected chi connectivity index (χ1v) is 8.93. The molecular formula is C20H19N5O7. The molecule has 0 unspecified atom stereocenters. The number of carbonyl (C=O) groups excluding carboxylic acids is 2. The van der Waals surface area contributed by atoms with Crippen LogP contribution in [0.3, 0.4) is 0 Å². The van der Waals surface area contributed by atoms with Gasteiger partial charge in [0.25, 0.3) is 5.91 Å². The van der Waals surface area contributed by atoms with Crippen molar-refractivity contribution in [1.82, 2.24) is 4.98 Å². The van der Waals surface area contributed by atoms with E-state index in [-0.39, 0.29) is 23.0 Å². The molecular weight excluding hydrogens is 422 g/mol. The summed E-state index contributed by atoms with van der Waals surface area (Å²) in [6.45, 7) is 2.96. The standard InChI is InChI=1S/C20H19N5O7/c1-10-5-17(23-11(2)26)22-9-15(10)24(3)20(29)13(8-21)18(27)12-6-14(25(30)31)19(28)16(7-12)32-4/h5-7,9,27-28H,1-4H3,(H,22,23,26)/b18-13-. The van der Waals surface area contributed by atoms with Crippen LogP contribution in [0.4, 0.5) is 17.2 Å². The number of hydrogen-bond acceptors (Lipinski definition) is 9. The van der Waals surface area contributed by atoms with Crippen LogP contribution in [0, 0.1) is 28.4 Å². The highest BCUT2D eigenvalue weighted by Gasteiger charge is 2.26. The maximum atomic E-state index is 12.9. The van der Waals surface area contributed by atoms with Gasteiger partial charge in [0.1, 0.15) is 17.6 Å². The second kappa shape index (κ2) is 9.43. The molecule has 3 N–H and O–H groups in total. The number of carbonyl (C=O) groups is 2. The van der Waals surface area contributed by atoms with Crippen LogP contribution in [-0.2, 0) is 9.59 Å². The van der Waals surface area contributed by atoms with Crippen molar-refractivity contribution >= 4 is 34.8 Å². The van der Waals surface area contributed by atoms with Gasteiger partial charge in [0.15, 0.2) is 11.3 Å². The molecule has 0 aliphatic heterocycles. The van der Waals surface area contributed by atoms with Crippen LogP contribution in [0.5, 0.6) is 11.5 Å². The number of nitrogens with zero attached hydrogens (tertiary/aromatic N) is 4. The van der Waals surface area contributed by atoms with Gasteiger partial charge in [0.05, 0.1) is 23.9 Å². The minimum atomic E-state index is -0.920. The fraction of sp³-hybridized carbons (Fsp3) is 0.200. The Labute approximate surface area is 182 Å². The lowest BCUT2D eigenvalue weighted by Crippen LogP contribution is -2.29. The van der Waals surface area contributed by atoms with Crippen molar-refractivity contribution in [3.05, 3.63) is 51.2 Å². The zero-order chi connectivity index (χ0) is 24.2. The number of amides is 2. The molecule has 0 saturated carbocycles. The number of nitrogens with one attached hydrogen (secondary N) is 1. The molecule has 0 saturated heterocycles. The van der Waals surface area contributed by atoms with E-state index in [4.69, 9.17) is 4.74 Å². The van der Waals surface area contributed by atoms with Gasteiger partial charge < -0.3 is 25.2 Å². The summed E-state index contributed by atoms with van der Waals surface area (Å²) in [7, 11) is 2.49. The normalized spacial score (nSPS) is 11.1. The fourth-order valence-corrected chi connectivity index (χ4v) is 2.80. The Kier molecular flexibility index (Phi) is 6.96. The number of pyridine rings is 1. The number of likely N-dealkylation sites (N-methyl/N-ethyl adjacent to an activating group) is 1. The number of phenolic OH excluding ortho intramolecular Hbond substituents is 1. The third-order valence-corrected chi connectivity index (χ3v) is 4.36. The Bertz CT molecular complexity index is 1180. The van der Waals surface area contributed by atoms with Crippen LogP contribution in [-0.4, -0.2) is 46.1 Å². The van der Waals surface area contributed by atoms with Crippen LogP contribution in [0.1, 0.15) is 18.1 Å². The molecule has 0 fully saturated rings. The predicted molar refractivity (Wildman–Crippen MR) is 113 cm³/mol. The monoisotopic (exact) mass is 441 g/mol. The summed E-state index contributed by atoms with van der Waals surface area (Å²) < 4.78 is 4.87. The van der Waals surface area contributed by atoms with Crippen LogP contribution in [0.2, 0.25) is 0 Å². The summed E-state index contributed by atoms with van der Waals surface area (Å²) in [6, 6.07) is 4.98. The summed E-state index contributed by atoms with van der Waals surface area (Å²) in [6.07, 6.45) is 1.30. The van der Waals surface area contributed by atoms with Crippen LogP contribution in [0.25, 0.3) is 5.76 Å². The second-order valence-electron chi connectivity index (χ2n) is 6.54. The number of aromatic hydroxyl groups is 1. The van der Waals surface area contributed by atoms with E-state index in [1.54, 1.807) is 13.0 Å². The third kappa shape index (κ3) is 4.73. The third-order valence-electron chi connectivity index (χ3n) is 4.36. The average molecular weight is 441 g/mol. The van der Waals surface area contributed by atoms with Crippen molar-refractivity contribution in [2.75, 3.05) is 24.4 Å². The van der Waals surface area contributed by atoms with Crippen molar-refractivity contribution in [1.29, 1.82) is 5.26 Å². The van der Waals surface area contributed by atoms with E-state index in [2.05, 4.69) is 10.3 Å². The Balaban J connectivity index is 2.52. The molecule has 12 nitrogen and oxygen atoms in total. The first kappa shape index (κ1) is 23.6. The lowest BCUT2D eigenvalue weighted by atomic mass is 10.1. The molecule has 1 aromatic carbocycles. The number of nitro groups is 1. The maximum Gasteiger partial charge on any atom is 0.315 e. The summed E-state index contributed by atoms with van der Waals surface area (Å²) in [5, 5.41) is 43.6. The predicted octanol–water partition coefficient (Wildman–Crippen LogP) is 2.43. The number of aromatic nitrogens is 1. The summed E-state index contributed by atoms with van der Waals surface area (Å²) in [4.78, 5) is 39.5. The van der Waals surface area contributed by atoms with Gasteiger partial charge in [-0.1, -0.05) is 0 Å². The zero-order valence-corrected chi connectivity index (χ0v) is 17.5. The number of anilines is 2. The maximum absolute atomic E-state index is 12.9. The lowest BCUT2D eigenvalue weighted by Gasteiger charge is -2.20. The van der Waals surface area contributed by atoms with Gasteiger partial charge in [-0.05, 0) is 24.6 Å². The Morgan fingerprint density at radius 2 is 2.00 bits per heavy atom. The number of methoxy groups -OCH3 is 1. The SMILES string of the molecule is COc1cc(/C(O)=C(\C#N)C(=O)N(C)c2cnc(NC(C)=O)cc2C)cc([N+](=O)[O-])c1O. The Morgan fingerprint density at radius 1 is 1.34 bits per heavy atom. The number of nitriles is 1. The Morgan fingerprint density at radius 3 is 2.50 bits per heavy atom. The van der Waals surface area contributed by atoms with Crippen molar-refractivity contribution in [2.45, 2.75) is 13.8 Å². The fourth-order valence-electron chi connectivity index (χ4n) is 2.80. The van der Waals surface area contributed by atoms with E-state index in [9.17, 15) is 35.2 Å². The molecule has 0 bridgehead atoms. The lowest BCUT2D eigenvalue weighted by molar-refractivity contribution is -0.386. The molecule has 166 valence electrons. The molecule has 2 rings (SSSR count). The van der Waals surface area contributed by atoms with E-state index in [0.29, 0.717) is 11.3 Å². The largest absolute Gasteiger partial charge is 0.506 e. The molecule has 0 atom stereocenters. The van der Waals surface area contributed by atoms with Crippen molar-refractivity contribution in [3.8, 4) is 17.6 Å². The summed E-state index contributed by atoms with van der Waals surface area (Å²) in [5.74, 6) is -2.92. The van der Waals surface area contributed by atoms with E-state index < -0.39 is 33.6 Å². The van der Waals surface area contributed by atoms with E-state index in [0.717, 1.165) is 24.1 Å². The van der Waals surface area contributed by atoms with Gasteiger partial charge in [0, 0.05) is 25.6 Å². The van der Waals surface area contributed by atoms with E-state index in [1.165, 1.54) is 26.2 Å². The molecule has 2 amide bonds. The molecule has 2 aromatic rings. The number of ether oxygens (including phenoxy) is 1. The highest BCUT2D eigenvalue weighted by molar-refractivity contribution is 6.12. The van der Waals surface area contributed by atoms with E-state index >= 15 is 0 Å². The summed E-state index contributed by atoms with van der Waals surface area (Å²) in [5.41, 5.74) is -0.935. The van der Waals surface area contributed by atoms with Gasteiger partial charge in [0.2, 0.25) is 11.7 Å². The quantitative estimate of drug-likeness (QED) is 0.199. The van der Waals surface area contributed by atoms with Crippen molar-refractivity contribution in [3.63, 3.8) is 0 Å². The summed E-state index contributed by atoms with van der Waals surface area (Å²) >= 11 is 0. The highest BCUT2D eigenvalue weighted by Crippen LogP contribution is 2.39. The number of aryl methyl sites for hydroxylation is 1. The molecule has 12 heteroatoms. The Hall–Kier alpha value is -4.66. The van der Waals surface area contributed by atoms with Crippen LogP contribution < -0.4 is 15.0 Å². The number of benzene rings is 1. The molecule has 0 radical (unpaired) electrons. The second-order valence-corrected chi connectivity index (χ2v) is 6.54. The van der Waals surface area contributed by atoms with Gasteiger partial charge in [-0.25, -0.2) is 4.98 Å². The van der Waals surface area contributed by atoms with Crippen LogP contribution in [0.15, 0.2) is 30.0 Å². The number of phenols is 1. The first-order valence-electron chi connectivity index (χ1n) is 8.93. The molecule has 0 spiro atoms. The molecule has 0 aliphatic rings. The number of aliphatic hydroxyl groups excluding tert-OH is 1. The molecule has 32 heavy (non-hydrogen) atoms. The van der Waals surface area contributed by atoms with Crippen molar-refractivity contribution < 1.29 is 29.5 Å². The first-order chi connectivity index (χ1) is 15.0. The van der Waals surface area contributed by atoms with E-state index in [1.807, 2.05) is 0 Å². The minimum Gasteiger partial charge on any atom is -0.506 e. The van der Waals surface area contributed by atoms with Crippen molar-refractivity contribution in [2.24, 2.45) is 0 Å². The van der Waals surface area contributed by atoms with Gasteiger partial charge >= 0.3 is 5.69 Å². The van der Waals surface area contributed by atoms with Gasteiger partial charge in [-0.15, -0.1) is 0 Å². The zero-order valence-electron chi connectivity index (χ0n) is 17.5. The van der Waals surface area contributed by atoms with Gasteiger partial charge in [-0.2, -0.15) is 5.26 Å². The number of rotatable bonds is 6. The molecule has 1 heterocycles. The minimum absolute atomic E-state index is 0.266. The number of nitro benzene ring substituents is 1. The molecule has 1 aromatic heterocycles. The topological polar surface area (TPSA) is 179 Å². The van der Waals surface area contributed by atoms with Gasteiger partial charge in [-0.3, -0.25) is 19.7 Å². The molecule has 0 aliphatic carbocycles.